The van der Waals surface area contributed by atoms with Crippen LogP contribution >= 0.6 is 0 Å². The third-order valence-electron chi connectivity index (χ3n) is 5.07. The summed E-state index contributed by atoms with van der Waals surface area (Å²) in [5.74, 6) is 2.68. The molecule has 1 aliphatic heterocycles. The van der Waals surface area contributed by atoms with Crippen LogP contribution in [-0.4, -0.2) is 58.5 Å². The second-order valence-corrected chi connectivity index (χ2v) is 7.38. The molecule has 1 atom stereocenters. The Morgan fingerprint density at radius 1 is 1.26 bits per heavy atom. The molecule has 3 rings (SSSR count). The highest BCUT2D eigenvalue weighted by Crippen LogP contribution is 2.30. The molecular weight excluding hydrogens is 340 g/mol. The number of aliphatic imine (C=N–C) groups is 1. The predicted molar refractivity (Wildman–Crippen MR) is 111 cm³/mol. The van der Waals surface area contributed by atoms with E-state index < -0.39 is 0 Å². The molecule has 1 saturated heterocycles. The summed E-state index contributed by atoms with van der Waals surface area (Å²) in [6.07, 6.45) is 4.76. The van der Waals surface area contributed by atoms with E-state index in [1.807, 2.05) is 12.1 Å². The lowest BCUT2D eigenvalue weighted by Gasteiger charge is -2.22. The number of hydrogen-bond acceptors (Lipinski definition) is 4. The van der Waals surface area contributed by atoms with Crippen molar-refractivity contribution in [1.82, 2.24) is 10.6 Å². The fourth-order valence-corrected chi connectivity index (χ4v) is 3.39. The lowest BCUT2D eigenvalue weighted by molar-refractivity contribution is 0.123. The van der Waals surface area contributed by atoms with Gasteiger partial charge in [-0.3, -0.25) is 4.99 Å². The number of benzene rings is 1. The number of ether oxygens (including phenoxy) is 2. The first-order chi connectivity index (χ1) is 13.3. The number of nitrogens with zero attached hydrogens (tertiary/aromatic N) is 2. The topological polar surface area (TPSA) is 58.1 Å². The zero-order valence-electron chi connectivity index (χ0n) is 16.7. The number of rotatable bonds is 10. The molecule has 27 heavy (non-hydrogen) atoms. The minimum Gasteiger partial charge on any atom is -0.495 e. The van der Waals surface area contributed by atoms with Crippen LogP contribution in [0.3, 0.4) is 0 Å². The van der Waals surface area contributed by atoms with Crippen LogP contribution in [0.4, 0.5) is 5.69 Å². The second kappa shape index (κ2) is 10.4. The highest BCUT2D eigenvalue weighted by molar-refractivity contribution is 5.80. The van der Waals surface area contributed by atoms with Crippen molar-refractivity contribution in [3.8, 4) is 5.75 Å². The Morgan fingerprint density at radius 3 is 2.89 bits per heavy atom. The average molecular weight is 375 g/mol. The normalized spacial score (nSPS) is 20.0. The highest BCUT2D eigenvalue weighted by Gasteiger charge is 2.25. The van der Waals surface area contributed by atoms with Gasteiger partial charge in [-0.25, -0.2) is 0 Å². The van der Waals surface area contributed by atoms with E-state index in [-0.39, 0.29) is 0 Å². The Balaban J connectivity index is 1.44. The van der Waals surface area contributed by atoms with Crippen LogP contribution in [-0.2, 0) is 4.74 Å². The maximum Gasteiger partial charge on any atom is 0.191 e. The molecule has 6 heteroatoms. The van der Waals surface area contributed by atoms with Gasteiger partial charge in [0, 0.05) is 45.4 Å². The molecule has 0 aromatic heterocycles. The molecule has 0 amide bonds. The van der Waals surface area contributed by atoms with Crippen molar-refractivity contribution >= 4 is 11.6 Å². The Hall–Kier alpha value is -1.95. The Labute approximate surface area is 163 Å². The molecule has 1 heterocycles. The van der Waals surface area contributed by atoms with E-state index in [0.29, 0.717) is 6.04 Å². The number of guanidine groups is 1. The summed E-state index contributed by atoms with van der Waals surface area (Å²) in [7, 11) is 1.73. The van der Waals surface area contributed by atoms with Gasteiger partial charge in [-0.05, 0) is 50.7 Å². The molecule has 1 unspecified atom stereocenters. The van der Waals surface area contributed by atoms with Crippen LogP contribution < -0.4 is 20.3 Å². The zero-order chi connectivity index (χ0) is 18.9. The summed E-state index contributed by atoms with van der Waals surface area (Å²) < 4.78 is 11.2. The van der Waals surface area contributed by atoms with Gasteiger partial charge in [0.1, 0.15) is 5.75 Å². The lowest BCUT2D eigenvalue weighted by Crippen LogP contribution is -2.44. The van der Waals surface area contributed by atoms with E-state index in [9.17, 15) is 0 Å². The van der Waals surface area contributed by atoms with Gasteiger partial charge in [0.2, 0.25) is 0 Å². The number of para-hydroxylation sites is 2. The van der Waals surface area contributed by atoms with Gasteiger partial charge in [0.25, 0.3) is 0 Å². The molecule has 2 N–H and O–H groups in total. The molecule has 1 aromatic carbocycles. The molecule has 2 fully saturated rings. The van der Waals surface area contributed by atoms with Crippen LogP contribution in [0.5, 0.6) is 5.75 Å². The molecule has 1 aromatic rings. The van der Waals surface area contributed by atoms with E-state index in [0.717, 1.165) is 69.9 Å². The highest BCUT2D eigenvalue weighted by atomic mass is 16.5. The average Bonchev–Trinajstić information content (AvgIpc) is 3.41. The van der Waals surface area contributed by atoms with Gasteiger partial charge in [0.15, 0.2) is 5.96 Å². The second-order valence-electron chi connectivity index (χ2n) is 7.38. The Bertz CT molecular complexity index is 604. The molecule has 1 saturated carbocycles. The van der Waals surface area contributed by atoms with E-state index >= 15 is 0 Å². The number of anilines is 1. The maximum absolute atomic E-state index is 5.69. The van der Waals surface area contributed by atoms with Crippen molar-refractivity contribution in [1.29, 1.82) is 0 Å². The van der Waals surface area contributed by atoms with E-state index in [1.165, 1.54) is 18.5 Å². The third kappa shape index (κ3) is 6.31. The number of methoxy groups -OCH3 is 1. The Kier molecular flexibility index (Phi) is 7.63. The number of nitrogens with one attached hydrogen (secondary N) is 2. The fourth-order valence-electron chi connectivity index (χ4n) is 3.39. The van der Waals surface area contributed by atoms with Crippen LogP contribution in [0.25, 0.3) is 0 Å². The van der Waals surface area contributed by atoms with Crippen molar-refractivity contribution in [3.63, 3.8) is 0 Å². The van der Waals surface area contributed by atoms with Gasteiger partial charge >= 0.3 is 0 Å². The SMILES string of the molecule is CCNC(=NCCCOCC1CC1)NC1CCN(c2ccccc2OC)C1. The van der Waals surface area contributed by atoms with Gasteiger partial charge in [0.05, 0.1) is 12.8 Å². The maximum atomic E-state index is 5.69. The lowest BCUT2D eigenvalue weighted by atomic mass is 10.2. The largest absolute Gasteiger partial charge is 0.495 e. The van der Waals surface area contributed by atoms with Crippen molar-refractivity contribution < 1.29 is 9.47 Å². The molecular formula is C21H34N4O2. The predicted octanol–water partition coefficient (Wildman–Crippen LogP) is 2.65. The first-order valence-electron chi connectivity index (χ1n) is 10.3. The fraction of sp³-hybridized carbons (Fsp3) is 0.667. The van der Waals surface area contributed by atoms with Gasteiger partial charge in [-0.1, -0.05) is 12.1 Å². The first kappa shape index (κ1) is 19.8. The number of hydrogen-bond donors (Lipinski definition) is 2. The van der Waals surface area contributed by atoms with E-state index in [2.05, 4.69) is 34.6 Å². The molecule has 2 aliphatic rings. The van der Waals surface area contributed by atoms with Crippen LogP contribution in [0.15, 0.2) is 29.3 Å². The molecule has 6 nitrogen and oxygen atoms in total. The molecule has 0 radical (unpaired) electrons. The van der Waals surface area contributed by atoms with Crippen LogP contribution in [0.1, 0.15) is 32.6 Å². The molecule has 0 spiro atoms. The minimum absolute atomic E-state index is 0.388. The first-order valence-corrected chi connectivity index (χ1v) is 10.3. The summed E-state index contributed by atoms with van der Waals surface area (Å²) in [4.78, 5) is 7.09. The van der Waals surface area contributed by atoms with Gasteiger partial charge in [-0.15, -0.1) is 0 Å². The van der Waals surface area contributed by atoms with Gasteiger partial charge < -0.3 is 25.0 Å². The summed E-state index contributed by atoms with van der Waals surface area (Å²) >= 11 is 0. The van der Waals surface area contributed by atoms with Crippen molar-refractivity contribution in [2.75, 3.05) is 51.4 Å². The monoisotopic (exact) mass is 374 g/mol. The van der Waals surface area contributed by atoms with Crippen LogP contribution in [0, 0.1) is 5.92 Å². The van der Waals surface area contributed by atoms with Crippen molar-refractivity contribution in [3.05, 3.63) is 24.3 Å². The standard InChI is InChI=1S/C21H34N4O2/c1-3-22-21(23-12-6-14-27-16-17-9-10-17)24-18-11-13-25(15-18)19-7-4-5-8-20(19)26-2/h4-5,7-8,17-18H,3,6,9-16H2,1-2H3,(H2,22,23,24). The van der Waals surface area contributed by atoms with E-state index in [1.54, 1.807) is 7.11 Å². The Morgan fingerprint density at radius 2 is 2.11 bits per heavy atom. The smallest absolute Gasteiger partial charge is 0.191 e. The third-order valence-corrected chi connectivity index (χ3v) is 5.07. The summed E-state index contributed by atoms with van der Waals surface area (Å²) in [5.41, 5.74) is 1.17. The zero-order valence-corrected chi connectivity index (χ0v) is 16.7. The summed E-state index contributed by atoms with van der Waals surface area (Å²) in [6.45, 7) is 7.48. The van der Waals surface area contributed by atoms with E-state index in [4.69, 9.17) is 14.5 Å². The molecule has 150 valence electrons. The summed E-state index contributed by atoms with van der Waals surface area (Å²) in [5, 5.41) is 6.95. The van der Waals surface area contributed by atoms with Crippen molar-refractivity contribution in [2.45, 2.75) is 38.6 Å². The quantitative estimate of drug-likeness (QED) is 0.375. The summed E-state index contributed by atoms with van der Waals surface area (Å²) in [6, 6.07) is 8.61. The minimum atomic E-state index is 0.388. The van der Waals surface area contributed by atoms with Crippen LogP contribution in [0.2, 0.25) is 0 Å². The van der Waals surface area contributed by atoms with Crippen molar-refractivity contribution in [2.24, 2.45) is 10.9 Å². The molecule has 1 aliphatic carbocycles. The molecule has 0 bridgehead atoms. The van der Waals surface area contributed by atoms with Gasteiger partial charge in [-0.2, -0.15) is 0 Å².